The van der Waals surface area contributed by atoms with E-state index in [1.54, 1.807) is 11.0 Å². The maximum Gasteiger partial charge on any atom is 0.270 e. The SMILES string of the molecule is CC(C)(C)C1CN(C(=O)c2ccc(C(N)=O)[nH]2)CCO1. The molecule has 1 aliphatic rings. The van der Waals surface area contributed by atoms with Crippen LogP contribution in [0.15, 0.2) is 12.1 Å². The number of hydrogen-bond acceptors (Lipinski definition) is 3. The molecule has 1 aromatic heterocycles. The van der Waals surface area contributed by atoms with Gasteiger partial charge >= 0.3 is 0 Å². The van der Waals surface area contributed by atoms with E-state index < -0.39 is 5.91 Å². The Labute approximate surface area is 118 Å². The third-order valence-electron chi connectivity index (χ3n) is 3.50. The zero-order valence-corrected chi connectivity index (χ0v) is 12.1. The van der Waals surface area contributed by atoms with Gasteiger partial charge in [-0.1, -0.05) is 20.8 Å². The number of ether oxygens (including phenoxy) is 1. The van der Waals surface area contributed by atoms with Crippen LogP contribution in [0.5, 0.6) is 0 Å². The first-order valence-corrected chi connectivity index (χ1v) is 6.68. The molecule has 1 aromatic rings. The second-order valence-corrected chi connectivity index (χ2v) is 6.13. The molecule has 1 saturated heterocycles. The number of rotatable bonds is 2. The van der Waals surface area contributed by atoms with Crippen LogP contribution in [-0.4, -0.2) is 47.5 Å². The quantitative estimate of drug-likeness (QED) is 0.846. The first-order valence-electron chi connectivity index (χ1n) is 6.68. The Balaban J connectivity index is 2.10. The van der Waals surface area contributed by atoms with Gasteiger partial charge < -0.3 is 20.4 Å². The van der Waals surface area contributed by atoms with Gasteiger partial charge in [0.05, 0.1) is 12.7 Å². The minimum atomic E-state index is -0.571. The molecular weight excluding hydrogens is 258 g/mol. The predicted molar refractivity (Wildman–Crippen MR) is 74.4 cm³/mol. The lowest BCUT2D eigenvalue weighted by Gasteiger charge is -2.39. The lowest BCUT2D eigenvalue weighted by Crippen LogP contribution is -2.50. The maximum atomic E-state index is 12.4. The van der Waals surface area contributed by atoms with Gasteiger partial charge in [-0.2, -0.15) is 0 Å². The van der Waals surface area contributed by atoms with Crippen LogP contribution in [0.1, 0.15) is 41.7 Å². The highest BCUT2D eigenvalue weighted by atomic mass is 16.5. The summed E-state index contributed by atoms with van der Waals surface area (Å²) in [6, 6.07) is 3.11. The molecule has 20 heavy (non-hydrogen) atoms. The fourth-order valence-corrected chi connectivity index (χ4v) is 2.19. The number of primary amides is 1. The van der Waals surface area contributed by atoms with Gasteiger partial charge in [-0.05, 0) is 17.5 Å². The zero-order valence-electron chi connectivity index (χ0n) is 12.1. The fourth-order valence-electron chi connectivity index (χ4n) is 2.19. The van der Waals surface area contributed by atoms with Crippen molar-refractivity contribution in [2.24, 2.45) is 11.1 Å². The molecule has 0 radical (unpaired) electrons. The smallest absolute Gasteiger partial charge is 0.270 e. The molecule has 1 atom stereocenters. The van der Waals surface area contributed by atoms with Crippen molar-refractivity contribution in [3.63, 3.8) is 0 Å². The summed E-state index contributed by atoms with van der Waals surface area (Å²) in [5.41, 5.74) is 5.78. The number of aromatic amines is 1. The van der Waals surface area contributed by atoms with Gasteiger partial charge in [0.2, 0.25) is 0 Å². The normalized spacial score (nSPS) is 19.9. The average molecular weight is 279 g/mol. The van der Waals surface area contributed by atoms with Crippen LogP contribution >= 0.6 is 0 Å². The van der Waals surface area contributed by atoms with Crippen LogP contribution in [0, 0.1) is 5.41 Å². The van der Waals surface area contributed by atoms with Crippen molar-refractivity contribution in [3.05, 3.63) is 23.5 Å². The number of hydrogen-bond donors (Lipinski definition) is 2. The second-order valence-electron chi connectivity index (χ2n) is 6.13. The molecule has 6 heteroatoms. The summed E-state index contributed by atoms with van der Waals surface area (Å²) in [7, 11) is 0. The molecule has 0 aliphatic carbocycles. The predicted octanol–water partition coefficient (Wildman–Crippen LogP) is 1.00. The molecule has 0 spiro atoms. The molecule has 0 saturated carbocycles. The topological polar surface area (TPSA) is 88.4 Å². The highest BCUT2D eigenvalue weighted by Gasteiger charge is 2.33. The van der Waals surface area contributed by atoms with Crippen LogP contribution in [-0.2, 0) is 4.74 Å². The molecule has 1 aliphatic heterocycles. The number of morpholine rings is 1. The molecule has 1 fully saturated rings. The second kappa shape index (κ2) is 5.28. The monoisotopic (exact) mass is 279 g/mol. The third-order valence-corrected chi connectivity index (χ3v) is 3.50. The molecule has 110 valence electrons. The van der Waals surface area contributed by atoms with Crippen molar-refractivity contribution in [2.75, 3.05) is 19.7 Å². The first kappa shape index (κ1) is 14.6. The third kappa shape index (κ3) is 3.01. The number of nitrogens with zero attached hydrogens (tertiary/aromatic N) is 1. The van der Waals surface area contributed by atoms with Gasteiger partial charge in [-0.3, -0.25) is 9.59 Å². The van der Waals surface area contributed by atoms with Crippen LogP contribution in [0.4, 0.5) is 0 Å². The first-order chi connectivity index (χ1) is 9.29. The van der Waals surface area contributed by atoms with E-state index in [0.29, 0.717) is 25.4 Å². The molecule has 0 aromatic carbocycles. The minimum Gasteiger partial charge on any atom is -0.374 e. The van der Waals surface area contributed by atoms with E-state index in [9.17, 15) is 9.59 Å². The Bertz CT molecular complexity index is 516. The maximum absolute atomic E-state index is 12.4. The van der Waals surface area contributed by atoms with E-state index in [0.717, 1.165) is 0 Å². The van der Waals surface area contributed by atoms with E-state index in [1.807, 2.05) is 0 Å². The number of amides is 2. The molecular formula is C14H21N3O3. The van der Waals surface area contributed by atoms with Crippen molar-refractivity contribution in [1.29, 1.82) is 0 Å². The van der Waals surface area contributed by atoms with E-state index in [2.05, 4.69) is 25.8 Å². The van der Waals surface area contributed by atoms with E-state index in [4.69, 9.17) is 10.5 Å². The van der Waals surface area contributed by atoms with Gasteiger partial charge in [-0.15, -0.1) is 0 Å². The molecule has 1 unspecified atom stereocenters. The largest absolute Gasteiger partial charge is 0.374 e. The number of aromatic nitrogens is 1. The van der Waals surface area contributed by atoms with Gasteiger partial charge in [0.1, 0.15) is 11.4 Å². The van der Waals surface area contributed by atoms with Gasteiger partial charge in [0, 0.05) is 13.1 Å². The minimum absolute atomic E-state index is 0.00535. The summed E-state index contributed by atoms with van der Waals surface area (Å²) < 4.78 is 5.72. The number of nitrogens with two attached hydrogens (primary N) is 1. The number of carbonyl (C=O) groups is 2. The summed E-state index contributed by atoms with van der Waals surface area (Å²) in [6.07, 6.45) is 0.00535. The highest BCUT2D eigenvalue weighted by Crippen LogP contribution is 2.25. The Morgan fingerprint density at radius 1 is 1.35 bits per heavy atom. The van der Waals surface area contributed by atoms with Crippen LogP contribution in [0.2, 0.25) is 0 Å². The molecule has 3 N–H and O–H groups in total. The van der Waals surface area contributed by atoms with Crippen LogP contribution in [0.3, 0.4) is 0 Å². The van der Waals surface area contributed by atoms with Crippen molar-refractivity contribution >= 4 is 11.8 Å². The summed E-state index contributed by atoms with van der Waals surface area (Å²) in [5.74, 6) is -0.700. The van der Waals surface area contributed by atoms with Gasteiger partial charge in [0.25, 0.3) is 11.8 Å². The Hall–Kier alpha value is -1.82. The Kier molecular flexibility index (Phi) is 3.85. The number of carbonyl (C=O) groups excluding carboxylic acids is 2. The molecule has 2 heterocycles. The molecule has 2 rings (SSSR count). The van der Waals surface area contributed by atoms with E-state index in [-0.39, 0.29) is 23.1 Å². The van der Waals surface area contributed by atoms with Gasteiger partial charge in [-0.25, -0.2) is 0 Å². The van der Waals surface area contributed by atoms with Crippen LogP contribution < -0.4 is 5.73 Å². The Morgan fingerprint density at radius 3 is 2.55 bits per heavy atom. The standard InChI is InChI=1S/C14H21N3O3/c1-14(2,3)11-8-17(6-7-20-11)13(19)10-5-4-9(16-10)12(15)18/h4-5,11,16H,6-8H2,1-3H3,(H2,15,18). The van der Waals surface area contributed by atoms with E-state index in [1.165, 1.54) is 6.07 Å². The summed E-state index contributed by atoms with van der Waals surface area (Å²) in [4.78, 5) is 27.9. The molecule has 6 nitrogen and oxygen atoms in total. The van der Waals surface area contributed by atoms with Gasteiger partial charge in [0.15, 0.2) is 0 Å². The van der Waals surface area contributed by atoms with E-state index >= 15 is 0 Å². The fraction of sp³-hybridized carbons (Fsp3) is 0.571. The number of nitrogens with one attached hydrogen (secondary N) is 1. The summed E-state index contributed by atoms with van der Waals surface area (Å²) in [5, 5.41) is 0. The van der Waals surface area contributed by atoms with Crippen molar-refractivity contribution in [1.82, 2.24) is 9.88 Å². The molecule has 2 amide bonds. The molecule has 0 bridgehead atoms. The number of H-pyrrole nitrogens is 1. The average Bonchev–Trinajstić information content (AvgIpc) is 2.87. The van der Waals surface area contributed by atoms with Crippen molar-refractivity contribution in [2.45, 2.75) is 26.9 Å². The van der Waals surface area contributed by atoms with Crippen molar-refractivity contribution < 1.29 is 14.3 Å². The lowest BCUT2D eigenvalue weighted by molar-refractivity contribution is -0.0707. The zero-order chi connectivity index (χ0) is 14.9. The summed E-state index contributed by atoms with van der Waals surface area (Å²) >= 11 is 0. The summed E-state index contributed by atoms with van der Waals surface area (Å²) in [6.45, 7) is 7.89. The van der Waals surface area contributed by atoms with Crippen molar-refractivity contribution in [3.8, 4) is 0 Å². The van der Waals surface area contributed by atoms with Crippen LogP contribution in [0.25, 0.3) is 0 Å². The Morgan fingerprint density at radius 2 is 2.00 bits per heavy atom. The highest BCUT2D eigenvalue weighted by molar-refractivity contribution is 5.96. The lowest BCUT2D eigenvalue weighted by atomic mass is 9.88.